The Morgan fingerprint density at radius 1 is 0.800 bits per heavy atom. The van der Waals surface area contributed by atoms with Crippen molar-refractivity contribution in [2.75, 3.05) is 19.7 Å². The Bertz CT molecular complexity index is 645. The van der Waals surface area contributed by atoms with E-state index in [-0.39, 0.29) is 24.8 Å². The molecule has 2 rings (SSSR count). The maximum absolute atomic E-state index is 11.8. The number of hydrogen-bond acceptors (Lipinski definition) is 3. The van der Waals surface area contributed by atoms with Crippen molar-refractivity contribution in [3.8, 4) is 0 Å². The van der Waals surface area contributed by atoms with Crippen LogP contribution in [0.5, 0.6) is 0 Å². The molecule has 0 unspecified atom stereocenters. The SMILES string of the molecule is O=C(CNC(=O)Cc1ccccc1)NCCCOCc1ccccc1. The van der Waals surface area contributed by atoms with E-state index in [4.69, 9.17) is 4.74 Å². The highest BCUT2D eigenvalue weighted by Gasteiger charge is 2.06. The summed E-state index contributed by atoms with van der Waals surface area (Å²) in [6, 6.07) is 19.4. The van der Waals surface area contributed by atoms with E-state index in [2.05, 4.69) is 10.6 Å². The lowest BCUT2D eigenvalue weighted by Crippen LogP contribution is -2.38. The van der Waals surface area contributed by atoms with Gasteiger partial charge in [-0.05, 0) is 17.5 Å². The van der Waals surface area contributed by atoms with E-state index in [1.807, 2.05) is 60.7 Å². The number of ether oxygens (including phenoxy) is 1. The second-order valence-corrected chi connectivity index (χ2v) is 5.68. The molecule has 0 atom stereocenters. The Labute approximate surface area is 148 Å². The number of carbonyl (C=O) groups is 2. The zero-order chi connectivity index (χ0) is 17.7. The van der Waals surface area contributed by atoms with Crippen LogP contribution in [0.4, 0.5) is 0 Å². The second-order valence-electron chi connectivity index (χ2n) is 5.68. The van der Waals surface area contributed by atoms with Crippen molar-refractivity contribution in [3.63, 3.8) is 0 Å². The summed E-state index contributed by atoms with van der Waals surface area (Å²) in [6.45, 7) is 1.68. The van der Waals surface area contributed by atoms with Gasteiger partial charge in [0.2, 0.25) is 11.8 Å². The molecule has 132 valence electrons. The lowest BCUT2D eigenvalue weighted by atomic mass is 10.1. The Morgan fingerprint density at radius 2 is 1.44 bits per heavy atom. The van der Waals surface area contributed by atoms with Crippen molar-refractivity contribution in [3.05, 3.63) is 71.8 Å². The normalized spacial score (nSPS) is 10.2. The summed E-state index contributed by atoms with van der Waals surface area (Å²) in [5.74, 6) is -0.350. The number of amides is 2. The topological polar surface area (TPSA) is 67.4 Å². The molecule has 2 aromatic carbocycles. The van der Waals surface area contributed by atoms with Crippen LogP contribution in [-0.2, 0) is 27.4 Å². The van der Waals surface area contributed by atoms with E-state index in [1.54, 1.807) is 0 Å². The fraction of sp³-hybridized carbons (Fsp3) is 0.300. The molecule has 0 aliphatic carbocycles. The molecule has 2 amide bonds. The molecule has 0 radical (unpaired) electrons. The Hall–Kier alpha value is -2.66. The molecule has 0 aliphatic rings. The molecule has 2 aromatic rings. The highest BCUT2D eigenvalue weighted by molar-refractivity contribution is 5.85. The van der Waals surface area contributed by atoms with Crippen LogP contribution in [-0.4, -0.2) is 31.5 Å². The summed E-state index contributed by atoms with van der Waals surface area (Å²) in [4.78, 5) is 23.4. The Kier molecular flexibility index (Phi) is 8.21. The van der Waals surface area contributed by atoms with Gasteiger partial charge in [-0.25, -0.2) is 0 Å². The highest BCUT2D eigenvalue weighted by atomic mass is 16.5. The first kappa shape index (κ1) is 18.7. The molecule has 0 spiro atoms. The van der Waals surface area contributed by atoms with Gasteiger partial charge in [0.05, 0.1) is 19.6 Å². The third kappa shape index (κ3) is 8.13. The van der Waals surface area contributed by atoms with Crippen molar-refractivity contribution in [2.45, 2.75) is 19.4 Å². The van der Waals surface area contributed by atoms with E-state index in [0.717, 1.165) is 17.5 Å². The molecule has 0 saturated carbocycles. The first-order chi connectivity index (χ1) is 12.2. The molecular weight excluding hydrogens is 316 g/mol. The van der Waals surface area contributed by atoms with Crippen molar-refractivity contribution in [1.82, 2.24) is 10.6 Å². The lowest BCUT2D eigenvalue weighted by molar-refractivity contribution is -0.125. The molecule has 0 aromatic heterocycles. The van der Waals surface area contributed by atoms with Gasteiger partial charge in [0.1, 0.15) is 0 Å². The van der Waals surface area contributed by atoms with Crippen molar-refractivity contribution >= 4 is 11.8 Å². The zero-order valence-corrected chi connectivity index (χ0v) is 14.2. The minimum atomic E-state index is -0.190. The van der Waals surface area contributed by atoms with E-state index >= 15 is 0 Å². The van der Waals surface area contributed by atoms with Gasteiger partial charge in [0.25, 0.3) is 0 Å². The van der Waals surface area contributed by atoms with E-state index in [0.29, 0.717) is 19.8 Å². The van der Waals surface area contributed by atoms with Crippen LogP contribution < -0.4 is 10.6 Å². The van der Waals surface area contributed by atoms with Crippen LogP contribution >= 0.6 is 0 Å². The molecule has 2 N–H and O–H groups in total. The summed E-state index contributed by atoms with van der Waals surface area (Å²) >= 11 is 0. The summed E-state index contributed by atoms with van der Waals surface area (Å²) in [5, 5.41) is 5.39. The summed E-state index contributed by atoms with van der Waals surface area (Å²) in [7, 11) is 0. The van der Waals surface area contributed by atoms with Crippen LogP contribution in [0, 0.1) is 0 Å². The third-order valence-corrected chi connectivity index (χ3v) is 3.55. The van der Waals surface area contributed by atoms with Gasteiger partial charge < -0.3 is 15.4 Å². The number of hydrogen-bond donors (Lipinski definition) is 2. The van der Waals surface area contributed by atoms with Crippen LogP contribution in [0.15, 0.2) is 60.7 Å². The van der Waals surface area contributed by atoms with Gasteiger partial charge in [-0.15, -0.1) is 0 Å². The molecule has 5 nitrogen and oxygen atoms in total. The van der Waals surface area contributed by atoms with Gasteiger partial charge in [-0.2, -0.15) is 0 Å². The van der Waals surface area contributed by atoms with Gasteiger partial charge in [0.15, 0.2) is 0 Å². The van der Waals surface area contributed by atoms with Gasteiger partial charge in [-0.3, -0.25) is 9.59 Å². The van der Waals surface area contributed by atoms with Crippen LogP contribution in [0.3, 0.4) is 0 Å². The first-order valence-corrected chi connectivity index (χ1v) is 8.43. The molecule has 25 heavy (non-hydrogen) atoms. The average molecular weight is 340 g/mol. The summed E-state index contributed by atoms with van der Waals surface area (Å²) in [6.07, 6.45) is 1.01. The minimum absolute atomic E-state index is 0.00343. The second kappa shape index (κ2) is 11.0. The maximum Gasteiger partial charge on any atom is 0.239 e. The Balaban J connectivity index is 1.49. The zero-order valence-electron chi connectivity index (χ0n) is 14.2. The highest BCUT2D eigenvalue weighted by Crippen LogP contribution is 2.00. The molecule has 0 heterocycles. The molecule has 0 bridgehead atoms. The Morgan fingerprint density at radius 3 is 2.12 bits per heavy atom. The predicted molar refractivity (Wildman–Crippen MR) is 96.9 cm³/mol. The van der Waals surface area contributed by atoms with E-state index < -0.39 is 0 Å². The monoisotopic (exact) mass is 340 g/mol. The fourth-order valence-electron chi connectivity index (χ4n) is 2.25. The molecule has 0 fully saturated rings. The van der Waals surface area contributed by atoms with E-state index in [9.17, 15) is 9.59 Å². The number of benzene rings is 2. The largest absolute Gasteiger partial charge is 0.377 e. The number of rotatable bonds is 10. The molecule has 0 saturated heterocycles. The minimum Gasteiger partial charge on any atom is -0.377 e. The van der Waals surface area contributed by atoms with Crippen LogP contribution in [0.25, 0.3) is 0 Å². The predicted octanol–water partition coefficient (Wildman–Crippen LogP) is 2.07. The smallest absolute Gasteiger partial charge is 0.239 e. The van der Waals surface area contributed by atoms with Crippen LogP contribution in [0.2, 0.25) is 0 Å². The van der Waals surface area contributed by atoms with Gasteiger partial charge >= 0.3 is 0 Å². The standard InChI is InChI=1S/C20H24N2O3/c23-19(14-17-8-3-1-4-9-17)22-15-20(24)21-12-7-13-25-16-18-10-5-2-6-11-18/h1-6,8-11H,7,12-16H2,(H,21,24)(H,22,23). The lowest BCUT2D eigenvalue weighted by Gasteiger charge is -2.08. The van der Waals surface area contributed by atoms with Crippen LogP contribution in [0.1, 0.15) is 17.5 Å². The first-order valence-electron chi connectivity index (χ1n) is 8.43. The molecular formula is C20H24N2O3. The number of nitrogens with one attached hydrogen (secondary N) is 2. The van der Waals surface area contributed by atoms with Crippen molar-refractivity contribution < 1.29 is 14.3 Å². The average Bonchev–Trinajstić information content (AvgIpc) is 2.64. The van der Waals surface area contributed by atoms with E-state index in [1.165, 1.54) is 0 Å². The fourth-order valence-corrected chi connectivity index (χ4v) is 2.25. The van der Waals surface area contributed by atoms with Gasteiger partial charge in [0, 0.05) is 13.2 Å². The molecule has 5 heteroatoms. The van der Waals surface area contributed by atoms with Crippen molar-refractivity contribution in [1.29, 1.82) is 0 Å². The quantitative estimate of drug-likeness (QED) is 0.651. The molecule has 0 aliphatic heterocycles. The third-order valence-electron chi connectivity index (χ3n) is 3.55. The van der Waals surface area contributed by atoms with Gasteiger partial charge in [-0.1, -0.05) is 60.7 Å². The maximum atomic E-state index is 11.8. The number of carbonyl (C=O) groups excluding carboxylic acids is 2. The van der Waals surface area contributed by atoms with Crippen molar-refractivity contribution in [2.24, 2.45) is 0 Å². The summed E-state index contributed by atoms with van der Waals surface area (Å²) in [5.41, 5.74) is 2.06. The summed E-state index contributed by atoms with van der Waals surface area (Å²) < 4.78 is 5.55.